The lowest BCUT2D eigenvalue weighted by atomic mass is 10.1. The van der Waals surface area contributed by atoms with Gasteiger partial charge in [-0.3, -0.25) is 4.79 Å². The maximum absolute atomic E-state index is 11.4. The molecule has 18 heavy (non-hydrogen) atoms. The third-order valence-electron chi connectivity index (χ3n) is 3.83. The second-order valence-corrected chi connectivity index (χ2v) is 5.52. The molecule has 0 aromatic heterocycles. The molecule has 0 aliphatic heterocycles. The third kappa shape index (κ3) is 3.03. The van der Waals surface area contributed by atoms with Crippen molar-refractivity contribution in [1.82, 2.24) is 0 Å². The van der Waals surface area contributed by atoms with Crippen molar-refractivity contribution in [3.8, 4) is 0 Å². The first-order chi connectivity index (χ1) is 8.56. The van der Waals surface area contributed by atoms with E-state index in [0.29, 0.717) is 11.3 Å². The van der Waals surface area contributed by atoms with E-state index in [4.69, 9.17) is 5.73 Å². The molecule has 1 saturated carbocycles. The molecule has 1 aliphatic rings. The van der Waals surface area contributed by atoms with Gasteiger partial charge in [-0.2, -0.15) is 0 Å². The first-order valence-corrected chi connectivity index (χ1v) is 6.70. The highest BCUT2D eigenvalue weighted by atomic mass is 16.1. The van der Waals surface area contributed by atoms with E-state index in [9.17, 15) is 4.79 Å². The molecule has 0 amide bonds. The van der Waals surface area contributed by atoms with E-state index in [1.165, 1.54) is 19.3 Å². The van der Waals surface area contributed by atoms with E-state index in [1.807, 2.05) is 12.1 Å². The number of ketones is 1. The van der Waals surface area contributed by atoms with Crippen LogP contribution in [0.25, 0.3) is 0 Å². The number of rotatable bonds is 4. The maximum Gasteiger partial charge on any atom is 0.161 e. The number of hydrogen-bond donors (Lipinski definition) is 2. The van der Waals surface area contributed by atoms with Crippen molar-refractivity contribution in [2.45, 2.75) is 33.1 Å². The summed E-state index contributed by atoms with van der Waals surface area (Å²) in [5.41, 5.74) is 7.94. The fourth-order valence-electron chi connectivity index (χ4n) is 2.74. The molecule has 2 rings (SSSR count). The van der Waals surface area contributed by atoms with Crippen LogP contribution >= 0.6 is 0 Å². The number of Topliss-reactive ketones (excluding diaryl/α,β-unsaturated/α-hetero) is 1. The second kappa shape index (κ2) is 5.42. The van der Waals surface area contributed by atoms with E-state index in [0.717, 1.165) is 24.1 Å². The minimum atomic E-state index is 0.0191. The number of carbonyl (C=O) groups excluding carboxylic acids is 1. The van der Waals surface area contributed by atoms with Crippen molar-refractivity contribution in [1.29, 1.82) is 0 Å². The van der Waals surface area contributed by atoms with Gasteiger partial charge in [0.2, 0.25) is 0 Å². The molecule has 1 aromatic rings. The zero-order valence-corrected chi connectivity index (χ0v) is 11.2. The summed E-state index contributed by atoms with van der Waals surface area (Å²) in [6, 6.07) is 5.60. The van der Waals surface area contributed by atoms with Gasteiger partial charge in [0, 0.05) is 23.5 Å². The fraction of sp³-hybridized carbons (Fsp3) is 0.533. The monoisotopic (exact) mass is 246 g/mol. The minimum Gasteiger partial charge on any atom is -0.398 e. The molecular weight excluding hydrogens is 224 g/mol. The summed E-state index contributed by atoms with van der Waals surface area (Å²) in [6.07, 6.45) is 3.96. The van der Waals surface area contributed by atoms with Crippen LogP contribution in [0.3, 0.4) is 0 Å². The summed E-state index contributed by atoms with van der Waals surface area (Å²) in [6.45, 7) is 4.86. The van der Waals surface area contributed by atoms with E-state index in [-0.39, 0.29) is 5.78 Å². The van der Waals surface area contributed by atoms with E-state index in [2.05, 4.69) is 12.2 Å². The standard InChI is InChI=1S/C15H22N2O/c1-10-3-4-12(7-10)9-17-13-5-6-15(16)14(8-13)11(2)18/h5-6,8,10,12,17H,3-4,7,9,16H2,1-2H3. The minimum absolute atomic E-state index is 0.0191. The van der Waals surface area contributed by atoms with Gasteiger partial charge < -0.3 is 11.1 Å². The molecule has 0 saturated heterocycles. The summed E-state index contributed by atoms with van der Waals surface area (Å²) in [4.78, 5) is 11.4. The van der Waals surface area contributed by atoms with Gasteiger partial charge in [0.1, 0.15) is 0 Å². The average molecular weight is 246 g/mol. The Morgan fingerprint density at radius 3 is 2.83 bits per heavy atom. The SMILES string of the molecule is CC(=O)c1cc(NCC2CCC(C)C2)ccc1N. The summed E-state index contributed by atoms with van der Waals surface area (Å²) < 4.78 is 0. The number of hydrogen-bond acceptors (Lipinski definition) is 3. The van der Waals surface area contributed by atoms with Gasteiger partial charge >= 0.3 is 0 Å². The number of nitrogens with two attached hydrogens (primary N) is 1. The molecule has 2 atom stereocenters. The van der Waals surface area contributed by atoms with Crippen LogP contribution in [0.1, 0.15) is 43.5 Å². The number of nitrogens with one attached hydrogen (secondary N) is 1. The first-order valence-electron chi connectivity index (χ1n) is 6.70. The van der Waals surface area contributed by atoms with Crippen LogP contribution in [0.4, 0.5) is 11.4 Å². The van der Waals surface area contributed by atoms with Gasteiger partial charge in [0.05, 0.1) is 0 Å². The van der Waals surface area contributed by atoms with Crippen molar-refractivity contribution < 1.29 is 4.79 Å². The molecule has 3 N–H and O–H groups in total. The highest BCUT2D eigenvalue weighted by Crippen LogP contribution is 2.30. The quantitative estimate of drug-likeness (QED) is 0.633. The zero-order chi connectivity index (χ0) is 13.1. The van der Waals surface area contributed by atoms with Crippen molar-refractivity contribution >= 4 is 17.2 Å². The second-order valence-electron chi connectivity index (χ2n) is 5.52. The maximum atomic E-state index is 11.4. The molecule has 1 aliphatic carbocycles. The van der Waals surface area contributed by atoms with Crippen molar-refractivity contribution in [3.63, 3.8) is 0 Å². The van der Waals surface area contributed by atoms with Crippen LogP contribution in [0.2, 0.25) is 0 Å². The van der Waals surface area contributed by atoms with Crippen molar-refractivity contribution in [2.24, 2.45) is 11.8 Å². The third-order valence-corrected chi connectivity index (χ3v) is 3.83. The van der Waals surface area contributed by atoms with Crippen LogP contribution in [0.15, 0.2) is 18.2 Å². The topological polar surface area (TPSA) is 55.1 Å². The molecule has 1 fully saturated rings. The lowest BCUT2D eigenvalue weighted by Crippen LogP contribution is -2.12. The number of anilines is 2. The predicted octanol–water partition coefficient (Wildman–Crippen LogP) is 3.32. The van der Waals surface area contributed by atoms with Crippen molar-refractivity contribution in [3.05, 3.63) is 23.8 Å². The normalized spacial score (nSPS) is 23.0. The van der Waals surface area contributed by atoms with Crippen LogP contribution in [0.5, 0.6) is 0 Å². The first kappa shape index (κ1) is 12.9. The summed E-state index contributed by atoms with van der Waals surface area (Å²) in [5, 5.41) is 3.42. The molecule has 3 nitrogen and oxygen atoms in total. The smallest absolute Gasteiger partial charge is 0.161 e. The zero-order valence-electron chi connectivity index (χ0n) is 11.2. The molecule has 2 unspecified atom stereocenters. The highest BCUT2D eigenvalue weighted by molar-refractivity contribution is 5.99. The Balaban J connectivity index is 1.97. The van der Waals surface area contributed by atoms with Crippen LogP contribution < -0.4 is 11.1 Å². The molecule has 0 radical (unpaired) electrons. The lowest BCUT2D eigenvalue weighted by molar-refractivity contribution is 0.101. The molecule has 98 valence electrons. The van der Waals surface area contributed by atoms with Gasteiger partial charge in [0.15, 0.2) is 5.78 Å². The van der Waals surface area contributed by atoms with E-state index >= 15 is 0 Å². The van der Waals surface area contributed by atoms with Gasteiger partial charge in [0.25, 0.3) is 0 Å². The van der Waals surface area contributed by atoms with Gasteiger partial charge in [-0.25, -0.2) is 0 Å². The molecule has 3 heteroatoms. The van der Waals surface area contributed by atoms with E-state index in [1.54, 1.807) is 13.0 Å². The molecule has 0 bridgehead atoms. The van der Waals surface area contributed by atoms with Crippen LogP contribution in [-0.4, -0.2) is 12.3 Å². The van der Waals surface area contributed by atoms with Gasteiger partial charge in [-0.15, -0.1) is 0 Å². The van der Waals surface area contributed by atoms with E-state index < -0.39 is 0 Å². The lowest BCUT2D eigenvalue weighted by Gasteiger charge is -2.13. The largest absolute Gasteiger partial charge is 0.398 e. The molecule has 1 aromatic carbocycles. The summed E-state index contributed by atoms with van der Waals surface area (Å²) in [5.74, 6) is 1.64. The Morgan fingerprint density at radius 2 is 2.22 bits per heavy atom. The Kier molecular flexibility index (Phi) is 3.90. The Hall–Kier alpha value is -1.51. The number of carbonyl (C=O) groups is 1. The average Bonchev–Trinajstić information content (AvgIpc) is 2.74. The molecule has 0 heterocycles. The van der Waals surface area contributed by atoms with Crippen LogP contribution in [-0.2, 0) is 0 Å². The summed E-state index contributed by atoms with van der Waals surface area (Å²) >= 11 is 0. The Bertz CT molecular complexity index is 442. The number of benzene rings is 1. The number of nitrogen functional groups attached to an aromatic ring is 1. The Morgan fingerprint density at radius 1 is 1.44 bits per heavy atom. The fourth-order valence-corrected chi connectivity index (χ4v) is 2.74. The molecular formula is C15H22N2O. The molecule has 0 spiro atoms. The predicted molar refractivity (Wildman–Crippen MR) is 75.9 cm³/mol. The van der Waals surface area contributed by atoms with Crippen molar-refractivity contribution in [2.75, 3.05) is 17.6 Å². The highest BCUT2D eigenvalue weighted by Gasteiger charge is 2.20. The summed E-state index contributed by atoms with van der Waals surface area (Å²) in [7, 11) is 0. The Labute approximate surface area is 109 Å². The van der Waals surface area contributed by atoms with Gasteiger partial charge in [-0.05, 0) is 49.8 Å². The van der Waals surface area contributed by atoms with Crippen LogP contribution in [0, 0.1) is 11.8 Å². The van der Waals surface area contributed by atoms with Gasteiger partial charge in [-0.1, -0.05) is 13.3 Å².